The summed E-state index contributed by atoms with van der Waals surface area (Å²) >= 11 is 1.53. The van der Waals surface area contributed by atoms with Gasteiger partial charge < -0.3 is 15.5 Å². The third-order valence-electron chi connectivity index (χ3n) is 5.19. The molecular formula is C18H21N3O2S. The number of nitrogens with zero attached hydrogens (tertiary/aromatic N) is 1. The van der Waals surface area contributed by atoms with Gasteiger partial charge in [0.2, 0.25) is 5.91 Å². The van der Waals surface area contributed by atoms with Crippen molar-refractivity contribution in [3.63, 3.8) is 0 Å². The van der Waals surface area contributed by atoms with E-state index in [0.717, 1.165) is 27.9 Å². The second-order valence-electron chi connectivity index (χ2n) is 6.78. The molecule has 4 rings (SSSR count). The number of carbonyl (C=O) groups excluding carboxylic acids is 2. The molecule has 2 aliphatic rings. The summed E-state index contributed by atoms with van der Waals surface area (Å²) in [5.74, 6) is -0.00516. The van der Waals surface area contributed by atoms with Gasteiger partial charge in [-0.15, -0.1) is 11.3 Å². The minimum Gasteiger partial charge on any atom is -0.348 e. The number of fused-ring (bicyclic) bond motifs is 3. The Labute approximate surface area is 145 Å². The van der Waals surface area contributed by atoms with Crippen LogP contribution in [0.3, 0.4) is 0 Å². The van der Waals surface area contributed by atoms with Crippen LogP contribution in [-0.4, -0.2) is 37.0 Å². The summed E-state index contributed by atoms with van der Waals surface area (Å²) in [7, 11) is 1.77. The number of hydrogen-bond acceptors (Lipinski definition) is 4. The number of carbonyl (C=O) groups is 2. The fourth-order valence-electron chi connectivity index (χ4n) is 3.71. The van der Waals surface area contributed by atoms with Crippen LogP contribution in [0.2, 0.25) is 0 Å². The molecule has 6 heteroatoms. The SMILES string of the molecule is CC(=O)N(C)c1cc2ccc(C(=O)N[C@@H]3C[C@H]4CC[C@@H]3N4)cc2s1. The third-order valence-corrected chi connectivity index (χ3v) is 6.36. The second kappa shape index (κ2) is 5.86. The van der Waals surface area contributed by atoms with Gasteiger partial charge in [-0.3, -0.25) is 9.59 Å². The molecule has 24 heavy (non-hydrogen) atoms. The first kappa shape index (κ1) is 15.6. The van der Waals surface area contributed by atoms with E-state index in [1.165, 1.54) is 17.8 Å². The summed E-state index contributed by atoms with van der Waals surface area (Å²) in [6.07, 6.45) is 3.41. The minimum absolute atomic E-state index is 0.00306. The number of hydrogen-bond donors (Lipinski definition) is 2. The largest absolute Gasteiger partial charge is 0.348 e. The Hall–Kier alpha value is -1.92. The summed E-state index contributed by atoms with van der Waals surface area (Å²) in [4.78, 5) is 25.7. The number of thiophene rings is 1. The molecule has 3 heterocycles. The molecule has 5 nitrogen and oxygen atoms in total. The van der Waals surface area contributed by atoms with Crippen molar-refractivity contribution in [3.8, 4) is 0 Å². The van der Waals surface area contributed by atoms with E-state index in [4.69, 9.17) is 0 Å². The first-order chi connectivity index (χ1) is 11.5. The maximum Gasteiger partial charge on any atom is 0.251 e. The van der Waals surface area contributed by atoms with E-state index < -0.39 is 0 Å². The molecule has 0 radical (unpaired) electrons. The van der Waals surface area contributed by atoms with Gasteiger partial charge in [0.05, 0.1) is 5.00 Å². The normalized spacial score (nSPS) is 25.2. The standard InChI is InChI=1S/C18H21N3O2S/c1-10(22)21(2)17-8-11-3-4-12(7-16(11)24-17)18(23)20-15-9-13-5-6-14(15)19-13/h3-4,7-8,13-15,19H,5-6,9H2,1-2H3,(H,20,23)/t13-,14+,15-/m1/s1. The van der Waals surface area contributed by atoms with Crippen LogP contribution in [0.4, 0.5) is 5.00 Å². The lowest BCUT2D eigenvalue weighted by atomic mass is 9.95. The van der Waals surface area contributed by atoms with Crippen molar-refractivity contribution in [2.24, 2.45) is 0 Å². The lowest BCUT2D eigenvalue weighted by molar-refractivity contribution is -0.116. The van der Waals surface area contributed by atoms with Gasteiger partial charge in [-0.2, -0.15) is 0 Å². The van der Waals surface area contributed by atoms with E-state index in [0.29, 0.717) is 17.6 Å². The highest BCUT2D eigenvalue weighted by molar-refractivity contribution is 7.23. The summed E-state index contributed by atoms with van der Waals surface area (Å²) < 4.78 is 1.02. The van der Waals surface area contributed by atoms with Crippen molar-refractivity contribution < 1.29 is 9.59 Å². The van der Waals surface area contributed by atoms with E-state index in [1.54, 1.807) is 18.9 Å². The van der Waals surface area contributed by atoms with Crippen molar-refractivity contribution in [1.82, 2.24) is 10.6 Å². The van der Waals surface area contributed by atoms with Crippen molar-refractivity contribution in [2.75, 3.05) is 11.9 Å². The van der Waals surface area contributed by atoms with Gasteiger partial charge in [0, 0.05) is 42.4 Å². The number of nitrogens with one attached hydrogen (secondary N) is 2. The van der Waals surface area contributed by atoms with Crippen LogP contribution >= 0.6 is 11.3 Å². The Kier molecular flexibility index (Phi) is 3.81. The van der Waals surface area contributed by atoms with Crippen LogP contribution in [0, 0.1) is 0 Å². The molecule has 1 aromatic heterocycles. The van der Waals surface area contributed by atoms with Gasteiger partial charge in [0.15, 0.2) is 0 Å². The quantitative estimate of drug-likeness (QED) is 0.900. The zero-order chi connectivity index (χ0) is 16.8. The molecule has 3 atom stereocenters. The van der Waals surface area contributed by atoms with Crippen LogP contribution < -0.4 is 15.5 Å². The Balaban J connectivity index is 1.53. The van der Waals surface area contributed by atoms with Gasteiger partial charge in [0.25, 0.3) is 5.91 Å². The Morgan fingerprint density at radius 1 is 1.29 bits per heavy atom. The summed E-state index contributed by atoms with van der Waals surface area (Å²) in [6, 6.07) is 8.98. The van der Waals surface area contributed by atoms with Gasteiger partial charge in [-0.25, -0.2) is 0 Å². The Bertz CT molecular complexity index is 816. The first-order valence-electron chi connectivity index (χ1n) is 8.36. The maximum atomic E-state index is 12.6. The molecule has 0 saturated carbocycles. The lowest BCUT2D eigenvalue weighted by Gasteiger charge is -2.21. The van der Waals surface area contributed by atoms with Crippen molar-refractivity contribution in [2.45, 2.75) is 44.3 Å². The van der Waals surface area contributed by atoms with Crippen LogP contribution in [0.1, 0.15) is 36.5 Å². The molecule has 2 saturated heterocycles. The predicted octanol–water partition coefficient (Wildman–Crippen LogP) is 2.51. The third kappa shape index (κ3) is 2.70. The van der Waals surface area contributed by atoms with E-state index in [9.17, 15) is 9.59 Å². The van der Waals surface area contributed by atoms with Crippen molar-refractivity contribution >= 4 is 38.2 Å². The fraction of sp³-hybridized carbons (Fsp3) is 0.444. The molecule has 2 amide bonds. The predicted molar refractivity (Wildman–Crippen MR) is 96.7 cm³/mol. The fourth-order valence-corrected chi connectivity index (χ4v) is 4.82. The summed E-state index contributed by atoms with van der Waals surface area (Å²) in [5.41, 5.74) is 0.684. The van der Waals surface area contributed by atoms with Crippen molar-refractivity contribution in [1.29, 1.82) is 0 Å². The smallest absolute Gasteiger partial charge is 0.251 e. The van der Waals surface area contributed by atoms with Crippen LogP contribution in [0.5, 0.6) is 0 Å². The summed E-state index contributed by atoms with van der Waals surface area (Å²) in [5, 5.41) is 8.67. The number of rotatable bonds is 3. The lowest BCUT2D eigenvalue weighted by Crippen LogP contribution is -2.42. The molecule has 2 aromatic rings. The van der Waals surface area contributed by atoms with E-state index in [2.05, 4.69) is 10.6 Å². The zero-order valence-electron chi connectivity index (χ0n) is 13.8. The van der Waals surface area contributed by atoms with E-state index in [-0.39, 0.29) is 17.9 Å². The molecule has 2 aliphatic heterocycles. The van der Waals surface area contributed by atoms with Crippen LogP contribution in [0.25, 0.3) is 10.1 Å². The van der Waals surface area contributed by atoms with Gasteiger partial charge in [-0.1, -0.05) is 6.07 Å². The number of anilines is 1. The number of amides is 2. The summed E-state index contributed by atoms with van der Waals surface area (Å²) in [6.45, 7) is 1.55. The highest BCUT2D eigenvalue weighted by atomic mass is 32.1. The molecule has 0 spiro atoms. The molecule has 1 aromatic carbocycles. The molecule has 0 unspecified atom stereocenters. The van der Waals surface area contributed by atoms with E-state index in [1.807, 2.05) is 24.3 Å². The minimum atomic E-state index is -0.00822. The van der Waals surface area contributed by atoms with Crippen LogP contribution in [-0.2, 0) is 4.79 Å². The second-order valence-corrected chi connectivity index (χ2v) is 7.84. The molecule has 126 valence electrons. The topological polar surface area (TPSA) is 61.4 Å². The van der Waals surface area contributed by atoms with Gasteiger partial charge in [-0.05, 0) is 42.8 Å². The molecular weight excluding hydrogens is 322 g/mol. The highest BCUT2D eigenvalue weighted by Gasteiger charge is 2.39. The average molecular weight is 343 g/mol. The highest BCUT2D eigenvalue weighted by Crippen LogP contribution is 2.33. The van der Waals surface area contributed by atoms with Crippen LogP contribution in [0.15, 0.2) is 24.3 Å². The Morgan fingerprint density at radius 2 is 2.12 bits per heavy atom. The molecule has 2 N–H and O–H groups in total. The molecule has 2 fully saturated rings. The molecule has 2 bridgehead atoms. The number of benzene rings is 1. The van der Waals surface area contributed by atoms with Gasteiger partial charge >= 0.3 is 0 Å². The zero-order valence-corrected chi connectivity index (χ0v) is 14.7. The monoisotopic (exact) mass is 343 g/mol. The maximum absolute atomic E-state index is 12.6. The van der Waals surface area contributed by atoms with E-state index >= 15 is 0 Å². The first-order valence-corrected chi connectivity index (χ1v) is 9.18. The Morgan fingerprint density at radius 3 is 2.79 bits per heavy atom. The molecule has 0 aliphatic carbocycles. The van der Waals surface area contributed by atoms with Crippen molar-refractivity contribution in [3.05, 3.63) is 29.8 Å². The van der Waals surface area contributed by atoms with Gasteiger partial charge in [0.1, 0.15) is 0 Å². The average Bonchev–Trinajstić information content (AvgIpc) is 3.27.